The van der Waals surface area contributed by atoms with Gasteiger partial charge in [0.2, 0.25) is 0 Å². The summed E-state index contributed by atoms with van der Waals surface area (Å²) < 4.78 is 34.5. The number of hydrogen-bond donors (Lipinski definition) is 1. The lowest BCUT2D eigenvalue weighted by Gasteiger charge is -2.14. The molecule has 0 atom stereocenters. The van der Waals surface area contributed by atoms with Crippen molar-refractivity contribution < 1.29 is 23.0 Å². The standard InChI is InChI=1S/C17H14F2N2O3/c1-23-14-4-2-3-13(15(14)24-17(18)19)16(22)21-10-12-7-5-11(9-20)6-8-12/h2-8,17H,10H2,1H3,(H,21,22). The smallest absolute Gasteiger partial charge is 0.387 e. The molecule has 24 heavy (non-hydrogen) atoms. The lowest BCUT2D eigenvalue weighted by molar-refractivity contribution is -0.0515. The molecule has 0 radical (unpaired) electrons. The van der Waals surface area contributed by atoms with Gasteiger partial charge >= 0.3 is 6.61 Å². The number of ether oxygens (including phenoxy) is 2. The average molecular weight is 332 g/mol. The number of nitrogens with one attached hydrogen (secondary N) is 1. The highest BCUT2D eigenvalue weighted by molar-refractivity contribution is 5.97. The van der Waals surface area contributed by atoms with Crippen molar-refractivity contribution in [2.45, 2.75) is 13.2 Å². The van der Waals surface area contributed by atoms with Gasteiger partial charge in [0, 0.05) is 6.54 Å². The predicted molar refractivity (Wildman–Crippen MR) is 82.0 cm³/mol. The van der Waals surface area contributed by atoms with Crippen molar-refractivity contribution in [3.63, 3.8) is 0 Å². The van der Waals surface area contributed by atoms with E-state index in [9.17, 15) is 13.6 Å². The van der Waals surface area contributed by atoms with E-state index in [2.05, 4.69) is 10.1 Å². The minimum absolute atomic E-state index is 0.0429. The first kappa shape index (κ1) is 17.2. The van der Waals surface area contributed by atoms with E-state index < -0.39 is 12.5 Å². The highest BCUT2D eigenvalue weighted by Gasteiger charge is 2.20. The van der Waals surface area contributed by atoms with Gasteiger partial charge in [0.1, 0.15) is 0 Å². The lowest BCUT2D eigenvalue weighted by atomic mass is 10.1. The summed E-state index contributed by atoms with van der Waals surface area (Å²) in [4.78, 5) is 12.3. The minimum Gasteiger partial charge on any atom is -0.493 e. The van der Waals surface area contributed by atoms with Crippen LogP contribution in [0.5, 0.6) is 11.5 Å². The summed E-state index contributed by atoms with van der Waals surface area (Å²) in [5, 5.41) is 11.4. The van der Waals surface area contributed by atoms with Gasteiger partial charge in [0.05, 0.1) is 24.3 Å². The molecule has 0 aromatic heterocycles. The van der Waals surface area contributed by atoms with Crippen molar-refractivity contribution in [2.75, 3.05) is 7.11 Å². The van der Waals surface area contributed by atoms with Crippen LogP contribution in [0.4, 0.5) is 8.78 Å². The molecule has 0 fully saturated rings. The number of amides is 1. The molecular weight excluding hydrogens is 318 g/mol. The van der Waals surface area contributed by atoms with Gasteiger partial charge in [0.15, 0.2) is 11.5 Å². The van der Waals surface area contributed by atoms with Gasteiger partial charge in [-0.05, 0) is 29.8 Å². The summed E-state index contributed by atoms with van der Waals surface area (Å²) in [5.74, 6) is -0.845. The Balaban J connectivity index is 2.15. The number of rotatable bonds is 6. The first-order valence-electron chi connectivity index (χ1n) is 6.94. The number of carbonyl (C=O) groups is 1. The Bertz CT molecular complexity index is 755. The molecule has 2 rings (SSSR count). The number of carbonyl (C=O) groups excluding carboxylic acids is 1. The fraction of sp³-hybridized carbons (Fsp3) is 0.176. The number of hydrogen-bond acceptors (Lipinski definition) is 4. The minimum atomic E-state index is -3.08. The molecule has 0 aliphatic carbocycles. The Morgan fingerprint density at radius 3 is 2.54 bits per heavy atom. The van der Waals surface area contributed by atoms with Crippen molar-refractivity contribution in [1.29, 1.82) is 5.26 Å². The van der Waals surface area contributed by atoms with Gasteiger partial charge in [-0.1, -0.05) is 18.2 Å². The van der Waals surface area contributed by atoms with Gasteiger partial charge < -0.3 is 14.8 Å². The lowest BCUT2D eigenvalue weighted by Crippen LogP contribution is -2.24. The Hall–Kier alpha value is -3.14. The third kappa shape index (κ3) is 4.20. The van der Waals surface area contributed by atoms with Crippen molar-refractivity contribution in [3.05, 3.63) is 59.2 Å². The van der Waals surface area contributed by atoms with Crippen LogP contribution in [0.15, 0.2) is 42.5 Å². The van der Waals surface area contributed by atoms with Crippen LogP contribution in [0.25, 0.3) is 0 Å². The van der Waals surface area contributed by atoms with Gasteiger partial charge in [-0.25, -0.2) is 0 Å². The number of halogens is 2. The molecule has 0 aliphatic heterocycles. The van der Waals surface area contributed by atoms with Crippen LogP contribution in [0.1, 0.15) is 21.5 Å². The van der Waals surface area contributed by atoms with Crippen molar-refractivity contribution >= 4 is 5.91 Å². The van der Waals surface area contributed by atoms with E-state index in [1.807, 2.05) is 6.07 Å². The largest absolute Gasteiger partial charge is 0.493 e. The van der Waals surface area contributed by atoms with E-state index in [1.54, 1.807) is 24.3 Å². The molecular formula is C17H14F2N2O3. The average Bonchev–Trinajstić information content (AvgIpc) is 2.59. The molecule has 2 aromatic rings. The molecule has 1 N–H and O–H groups in total. The summed E-state index contributed by atoms with van der Waals surface area (Å²) in [6.07, 6.45) is 0. The Kier molecular flexibility index (Phi) is 5.68. The zero-order valence-corrected chi connectivity index (χ0v) is 12.8. The summed E-state index contributed by atoms with van der Waals surface area (Å²) in [7, 11) is 1.30. The van der Waals surface area contributed by atoms with E-state index in [0.717, 1.165) is 5.56 Å². The number of benzene rings is 2. The second-order valence-electron chi connectivity index (χ2n) is 4.71. The predicted octanol–water partition coefficient (Wildman–Crippen LogP) is 3.10. The molecule has 7 heteroatoms. The molecule has 0 heterocycles. The van der Waals surface area contributed by atoms with Gasteiger partial charge in [0.25, 0.3) is 5.91 Å². The summed E-state index contributed by atoms with van der Waals surface area (Å²) in [6, 6.07) is 12.9. The van der Waals surface area contributed by atoms with Crippen molar-refractivity contribution in [3.8, 4) is 17.6 Å². The molecule has 0 saturated carbocycles. The zero-order chi connectivity index (χ0) is 17.5. The third-order valence-electron chi connectivity index (χ3n) is 3.19. The third-order valence-corrected chi connectivity index (χ3v) is 3.19. The highest BCUT2D eigenvalue weighted by atomic mass is 19.3. The number of methoxy groups -OCH3 is 1. The molecule has 124 valence electrons. The topological polar surface area (TPSA) is 71.3 Å². The first-order chi connectivity index (χ1) is 11.5. The summed E-state index contributed by atoms with van der Waals surface area (Å²) in [6.45, 7) is -2.90. The van der Waals surface area contributed by atoms with Crippen molar-refractivity contribution in [1.82, 2.24) is 5.32 Å². The Labute approximate surface area is 137 Å². The molecule has 5 nitrogen and oxygen atoms in total. The van der Waals surface area contributed by atoms with E-state index in [0.29, 0.717) is 5.56 Å². The molecule has 0 spiro atoms. The molecule has 0 aliphatic rings. The number of alkyl halides is 2. The fourth-order valence-corrected chi connectivity index (χ4v) is 2.04. The molecule has 0 saturated heterocycles. The summed E-state index contributed by atoms with van der Waals surface area (Å²) in [5.41, 5.74) is 1.22. The van der Waals surface area contributed by atoms with Crippen LogP contribution >= 0.6 is 0 Å². The second kappa shape index (κ2) is 7.92. The maximum absolute atomic E-state index is 12.6. The maximum Gasteiger partial charge on any atom is 0.387 e. The number of nitrogens with zero attached hydrogens (tertiary/aromatic N) is 1. The van der Waals surface area contributed by atoms with Crippen LogP contribution in [-0.4, -0.2) is 19.6 Å². The summed E-state index contributed by atoms with van der Waals surface area (Å²) >= 11 is 0. The fourth-order valence-electron chi connectivity index (χ4n) is 2.04. The van der Waals surface area contributed by atoms with E-state index in [1.165, 1.54) is 25.3 Å². The first-order valence-corrected chi connectivity index (χ1v) is 6.94. The molecule has 1 amide bonds. The SMILES string of the molecule is COc1cccc(C(=O)NCc2ccc(C#N)cc2)c1OC(F)F. The van der Waals surface area contributed by atoms with Crippen LogP contribution in [0, 0.1) is 11.3 Å². The van der Waals surface area contributed by atoms with Gasteiger partial charge in [-0.15, -0.1) is 0 Å². The highest BCUT2D eigenvalue weighted by Crippen LogP contribution is 2.32. The quantitative estimate of drug-likeness (QED) is 0.882. The number of para-hydroxylation sites is 1. The van der Waals surface area contributed by atoms with E-state index >= 15 is 0 Å². The van der Waals surface area contributed by atoms with Crippen LogP contribution in [0.3, 0.4) is 0 Å². The monoisotopic (exact) mass is 332 g/mol. The van der Waals surface area contributed by atoms with Crippen molar-refractivity contribution in [2.24, 2.45) is 0 Å². The maximum atomic E-state index is 12.6. The second-order valence-corrected chi connectivity index (χ2v) is 4.71. The van der Waals surface area contributed by atoms with Crippen LogP contribution in [0.2, 0.25) is 0 Å². The Morgan fingerprint density at radius 2 is 1.96 bits per heavy atom. The van der Waals surface area contributed by atoms with Crippen LogP contribution in [-0.2, 0) is 6.54 Å². The number of nitriles is 1. The Morgan fingerprint density at radius 1 is 1.25 bits per heavy atom. The molecule has 0 unspecified atom stereocenters. The van der Waals surface area contributed by atoms with E-state index in [-0.39, 0.29) is 23.6 Å². The van der Waals surface area contributed by atoms with Gasteiger partial charge in [-0.3, -0.25) is 4.79 Å². The van der Waals surface area contributed by atoms with Gasteiger partial charge in [-0.2, -0.15) is 14.0 Å². The van der Waals surface area contributed by atoms with Crippen LogP contribution < -0.4 is 14.8 Å². The molecule has 2 aromatic carbocycles. The molecule has 0 bridgehead atoms. The zero-order valence-electron chi connectivity index (χ0n) is 12.8. The van der Waals surface area contributed by atoms with E-state index in [4.69, 9.17) is 10.00 Å². The normalized spacial score (nSPS) is 10.1.